The Balaban J connectivity index is 1.81. The number of rotatable bonds is 8. The lowest BCUT2D eigenvalue weighted by molar-refractivity contribution is -0.131. The van der Waals surface area contributed by atoms with E-state index >= 15 is 0 Å². The van der Waals surface area contributed by atoms with E-state index in [1.54, 1.807) is 30.5 Å². The average molecular weight is 410 g/mol. The van der Waals surface area contributed by atoms with Gasteiger partial charge in [0.15, 0.2) is 0 Å². The van der Waals surface area contributed by atoms with Gasteiger partial charge in [0.05, 0.1) is 24.5 Å². The molecule has 7 nitrogen and oxygen atoms in total. The van der Waals surface area contributed by atoms with E-state index in [1.807, 2.05) is 31.4 Å². The molecule has 0 aliphatic heterocycles. The van der Waals surface area contributed by atoms with Crippen LogP contribution in [0.25, 0.3) is 0 Å². The second-order valence-electron chi connectivity index (χ2n) is 6.18. The third kappa shape index (κ3) is 6.16. The first-order valence-electron chi connectivity index (χ1n) is 8.29. The Morgan fingerprint density at radius 3 is 2.48 bits per heavy atom. The minimum Gasteiger partial charge on any atom is -0.346 e. The third-order valence-electron chi connectivity index (χ3n) is 4.05. The van der Waals surface area contributed by atoms with Crippen LogP contribution >= 0.6 is 11.3 Å². The van der Waals surface area contributed by atoms with Crippen molar-refractivity contribution < 1.29 is 18.0 Å². The van der Waals surface area contributed by atoms with Crippen molar-refractivity contribution in [3.63, 3.8) is 0 Å². The highest BCUT2D eigenvalue weighted by atomic mass is 32.2. The van der Waals surface area contributed by atoms with Crippen molar-refractivity contribution in [2.75, 3.05) is 20.1 Å². The molecule has 2 N–H and O–H groups in total. The molecule has 0 atom stereocenters. The second kappa shape index (κ2) is 9.12. The van der Waals surface area contributed by atoms with E-state index in [4.69, 9.17) is 0 Å². The molecule has 0 aliphatic carbocycles. The van der Waals surface area contributed by atoms with Crippen LogP contribution in [0.5, 0.6) is 0 Å². The van der Waals surface area contributed by atoms with Crippen molar-refractivity contribution in [3.8, 4) is 0 Å². The molecule has 1 aromatic heterocycles. The van der Waals surface area contributed by atoms with Gasteiger partial charge in [0.25, 0.3) is 0 Å². The van der Waals surface area contributed by atoms with E-state index < -0.39 is 22.5 Å². The number of aryl methyl sites for hydroxylation is 2. The number of nitrogens with zero attached hydrogens (tertiary/aromatic N) is 1. The molecule has 146 valence electrons. The number of sulfonamides is 1. The predicted octanol–water partition coefficient (Wildman–Crippen LogP) is 1.42. The smallest absolute Gasteiger partial charge is 0.242 e. The van der Waals surface area contributed by atoms with Crippen LogP contribution in [-0.4, -0.2) is 45.3 Å². The summed E-state index contributed by atoms with van der Waals surface area (Å²) in [7, 11) is -2.14. The lowest BCUT2D eigenvalue weighted by Crippen LogP contribution is -2.42. The van der Waals surface area contributed by atoms with Crippen LogP contribution in [0.1, 0.15) is 16.0 Å². The molecule has 0 bridgehead atoms. The first-order valence-corrected chi connectivity index (χ1v) is 10.7. The highest BCUT2D eigenvalue weighted by Crippen LogP contribution is 2.14. The molecule has 1 aromatic carbocycles. The van der Waals surface area contributed by atoms with E-state index in [2.05, 4.69) is 10.0 Å². The number of hydrogen-bond acceptors (Lipinski definition) is 5. The number of thiophene rings is 1. The molecule has 0 spiro atoms. The maximum Gasteiger partial charge on any atom is 0.242 e. The van der Waals surface area contributed by atoms with Crippen molar-refractivity contribution >= 4 is 33.2 Å². The summed E-state index contributed by atoms with van der Waals surface area (Å²) in [6, 6.07) is 8.59. The van der Waals surface area contributed by atoms with Gasteiger partial charge in [0, 0.05) is 11.9 Å². The summed E-state index contributed by atoms with van der Waals surface area (Å²) in [5, 5.41) is 4.36. The molecule has 0 fully saturated rings. The number of likely N-dealkylation sites (N-methyl/N-ethyl adjacent to an activating group) is 1. The van der Waals surface area contributed by atoms with Gasteiger partial charge in [-0.15, -0.1) is 11.3 Å². The topological polar surface area (TPSA) is 95.6 Å². The monoisotopic (exact) mass is 409 g/mol. The fourth-order valence-electron chi connectivity index (χ4n) is 2.22. The summed E-state index contributed by atoms with van der Waals surface area (Å²) in [5.41, 5.74) is 1.83. The third-order valence-corrected chi connectivity index (χ3v) is 6.31. The summed E-state index contributed by atoms with van der Waals surface area (Å²) in [4.78, 5) is 26.6. The fourth-order valence-corrected chi connectivity index (χ4v) is 4.05. The van der Waals surface area contributed by atoms with Crippen molar-refractivity contribution in [1.82, 2.24) is 14.9 Å². The summed E-state index contributed by atoms with van der Waals surface area (Å²) < 4.78 is 26.8. The van der Waals surface area contributed by atoms with E-state index in [0.29, 0.717) is 6.54 Å². The van der Waals surface area contributed by atoms with Crippen LogP contribution in [0.4, 0.5) is 0 Å². The first-order chi connectivity index (χ1) is 12.7. The van der Waals surface area contributed by atoms with Crippen LogP contribution in [0.15, 0.2) is 40.6 Å². The fraction of sp³-hybridized carbons (Fsp3) is 0.333. The van der Waals surface area contributed by atoms with Crippen LogP contribution in [-0.2, 0) is 26.2 Å². The first kappa shape index (κ1) is 21.1. The van der Waals surface area contributed by atoms with E-state index in [-0.39, 0.29) is 17.3 Å². The number of amides is 2. The molecule has 2 amide bonds. The molecule has 9 heteroatoms. The van der Waals surface area contributed by atoms with Gasteiger partial charge in [0.2, 0.25) is 21.8 Å². The Hall–Kier alpha value is -2.23. The summed E-state index contributed by atoms with van der Waals surface area (Å²) in [6.45, 7) is 3.55. The van der Waals surface area contributed by atoms with Gasteiger partial charge >= 0.3 is 0 Å². The van der Waals surface area contributed by atoms with Crippen LogP contribution in [0.2, 0.25) is 0 Å². The molecule has 0 saturated carbocycles. The zero-order valence-electron chi connectivity index (χ0n) is 15.5. The molecule has 1 heterocycles. The molecule has 0 saturated heterocycles. The molecule has 0 radical (unpaired) electrons. The maximum atomic E-state index is 12.3. The number of carbonyl (C=O) groups is 2. The van der Waals surface area contributed by atoms with E-state index in [9.17, 15) is 18.0 Å². The lowest BCUT2D eigenvalue weighted by atomic mass is 10.1. The van der Waals surface area contributed by atoms with Gasteiger partial charge < -0.3 is 10.2 Å². The SMILES string of the molecule is Cc1ccc(S(=O)(=O)NCC(=O)NCC(=O)N(C)Cc2cccs2)cc1C. The molecule has 2 rings (SSSR count). The standard InChI is InChI=1S/C18H23N3O4S2/c1-13-6-7-16(9-14(13)2)27(24,25)20-10-17(22)19-11-18(23)21(3)12-15-5-4-8-26-15/h4-9,20H,10-12H2,1-3H3,(H,19,22). The van der Waals surface area contributed by atoms with Crippen LogP contribution in [0.3, 0.4) is 0 Å². The maximum absolute atomic E-state index is 12.3. The Morgan fingerprint density at radius 1 is 1.11 bits per heavy atom. The average Bonchev–Trinajstić information content (AvgIpc) is 3.13. The van der Waals surface area contributed by atoms with E-state index in [1.165, 1.54) is 11.0 Å². The van der Waals surface area contributed by atoms with Crippen LogP contribution in [0, 0.1) is 13.8 Å². The second-order valence-corrected chi connectivity index (χ2v) is 8.98. The van der Waals surface area contributed by atoms with Gasteiger partial charge in [-0.25, -0.2) is 13.1 Å². The summed E-state index contributed by atoms with van der Waals surface area (Å²) >= 11 is 1.55. The Morgan fingerprint density at radius 2 is 1.85 bits per heavy atom. The quantitative estimate of drug-likeness (QED) is 0.689. The minimum absolute atomic E-state index is 0.102. The Bertz CT molecular complexity index is 909. The lowest BCUT2D eigenvalue weighted by Gasteiger charge is -2.16. The van der Waals surface area contributed by atoms with Crippen molar-refractivity contribution in [3.05, 3.63) is 51.7 Å². The molecular formula is C18H23N3O4S2. The van der Waals surface area contributed by atoms with Gasteiger partial charge in [-0.05, 0) is 48.6 Å². The number of hydrogen-bond donors (Lipinski definition) is 2. The summed E-state index contributed by atoms with van der Waals surface area (Å²) in [5.74, 6) is -0.825. The molecule has 27 heavy (non-hydrogen) atoms. The Kier molecular flexibility index (Phi) is 7.11. The van der Waals surface area contributed by atoms with Gasteiger partial charge in [0.1, 0.15) is 0 Å². The molecule has 0 aliphatic rings. The van der Waals surface area contributed by atoms with E-state index in [0.717, 1.165) is 16.0 Å². The Labute approximate surface area is 163 Å². The zero-order chi connectivity index (χ0) is 20.0. The van der Waals surface area contributed by atoms with Gasteiger partial charge in [-0.3, -0.25) is 9.59 Å². The van der Waals surface area contributed by atoms with Gasteiger partial charge in [-0.2, -0.15) is 0 Å². The minimum atomic E-state index is -3.79. The van der Waals surface area contributed by atoms with Crippen molar-refractivity contribution in [2.45, 2.75) is 25.3 Å². The number of carbonyl (C=O) groups excluding carboxylic acids is 2. The van der Waals surface area contributed by atoms with Crippen LogP contribution < -0.4 is 10.0 Å². The normalized spacial score (nSPS) is 11.2. The highest BCUT2D eigenvalue weighted by molar-refractivity contribution is 7.89. The molecule has 0 unspecified atom stereocenters. The zero-order valence-corrected chi connectivity index (χ0v) is 17.1. The predicted molar refractivity (Wildman–Crippen MR) is 105 cm³/mol. The van der Waals surface area contributed by atoms with Crippen molar-refractivity contribution in [2.24, 2.45) is 0 Å². The molecule has 2 aromatic rings. The number of benzene rings is 1. The van der Waals surface area contributed by atoms with Crippen molar-refractivity contribution in [1.29, 1.82) is 0 Å². The summed E-state index contributed by atoms with van der Waals surface area (Å²) in [6.07, 6.45) is 0. The molecular weight excluding hydrogens is 386 g/mol. The number of nitrogens with one attached hydrogen (secondary N) is 2. The largest absolute Gasteiger partial charge is 0.346 e. The van der Waals surface area contributed by atoms with Gasteiger partial charge in [-0.1, -0.05) is 12.1 Å². The highest BCUT2D eigenvalue weighted by Gasteiger charge is 2.17.